The number of rotatable bonds is 7. The Labute approximate surface area is 166 Å². The summed E-state index contributed by atoms with van der Waals surface area (Å²) in [5, 5.41) is 3.47. The van der Waals surface area contributed by atoms with Gasteiger partial charge in [-0.15, -0.1) is 12.4 Å². The Hall–Kier alpha value is -2.62. The highest BCUT2D eigenvalue weighted by molar-refractivity contribution is 5.97. The molecule has 0 aliphatic carbocycles. The van der Waals surface area contributed by atoms with E-state index in [0.29, 0.717) is 5.56 Å². The van der Waals surface area contributed by atoms with Crippen molar-refractivity contribution in [3.63, 3.8) is 0 Å². The second-order valence-corrected chi connectivity index (χ2v) is 6.15. The third-order valence-electron chi connectivity index (χ3n) is 4.36. The molecule has 0 spiro atoms. The van der Waals surface area contributed by atoms with E-state index in [9.17, 15) is 4.79 Å². The van der Waals surface area contributed by atoms with Crippen LogP contribution >= 0.6 is 12.4 Å². The first kappa shape index (κ1) is 20.7. The lowest BCUT2D eigenvalue weighted by molar-refractivity contribution is 0.0601. The Kier molecular flexibility index (Phi) is 8.05. The first-order valence-corrected chi connectivity index (χ1v) is 8.79. The van der Waals surface area contributed by atoms with Gasteiger partial charge in [-0.2, -0.15) is 0 Å². The summed E-state index contributed by atoms with van der Waals surface area (Å²) >= 11 is 0. The summed E-state index contributed by atoms with van der Waals surface area (Å²) in [5.74, 6) is -0.313. The fourth-order valence-electron chi connectivity index (χ4n) is 2.94. The van der Waals surface area contributed by atoms with E-state index in [2.05, 4.69) is 53.8 Å². The molecule has 0 bridgehead atoms. The van der Waals surface area contributed by atoms with Crippen LogP contribution in [0.2, 0.25) is 0 Å². The summed E-state index contributed by atoms with van der Waals surface area (Å²) in [6.07, 6.45) is 1.02. The molecule has 140 valence electrons. The van der Waals surface area contributed by atoms with Crippen LogP contribution in [0.25, 0.3) is 11.1 Å². The quantitative estimate of drug-likeness (QED) is 0.467. The van der Waals surface area contributed by atoms with E-state index >= 15 is 0 Å². The SMILES string of the molecule is COC(=O)c1ccccc1-c1ccc(CNCCc2ccccc2)cc1.Cl. The molecule has 0 aliphatic rings. The Morgan fingerprint density at radius 1 is 0.852 bits per heavy atom. The van der Waals surface area contributed by atoms with Crippen LogP contribution < -0.4 is 5.32 Å². The van der Waals surface area contributed by atoms with E-state index in [1.807, 2.05) is 24.3 Å². The van der Waals surface area contributed by atoms with Crippen LogP contribution in [0, 0.1) is 0 Å². The van der Waals surface area contributed by atoms with Gasteiger partial charge >= 0.3 is 5.97 Å². The molecule has 0 saturated carbocycles. The maximum Gasteiger partial charge on any atom is 0.338 e. The number of hydrogen-bond donors (Lipinski definition) is 1. The van der Waals surface area contributed by atoms with Crippen molar-refractivity contribution in [2.75, 3.05) is 13.7 Å². The largest absolute Gasteiger partial charge is 0.465 e. The van der Waals surface area contributed by atoms with E-state index in [4.69, 9.17) is 4.74 Å². The fraction of sp³-hybridized carbons (Fsp3) is 0.174. The van der Waals surface area contributed by atoms with Crippen molar-refractivity contribution in [3.05, 3.63) is 95.6 Å². The average molecular weight is 382 g/mol. The van der Waals surface area contributed by atoms with E-state index < -0.39 is 0 Å². The van der Waals surface area contributed by atoms with E-state index in [1.165, 1.54) is 18.2 Å². The highest BCUT2D eigenvalue weighted by Crippen LogP contribution is 2.24. The minimum atomic E-state index is -0.313. The zero-order chi connectivity index (χ0) is 18.2. The topological polar surface area (TPSA) is 38.3 Å². The molecule has 3 rings (SSSR count). The van der Waals surface area contributed by atoms with Crippen molar-refractivity contribution in [2.24, 2.45) is 0 Å². The molecule has 0 amide bonds. The second kappa shape index (κ2) is 10.5. The van der Waals surface area contributed by atoms with Gasteiger partial charge in [-0.1, -0.05) is 72.8 Å². The molecule has 0 aromatic heterocycles. The Morgan fingerprint density at radius 3 is 2.22 bits per heavy atom. The molecule has 0 aliphatic heterocycles. The smallest absolute Gasteiger partial charge is 0.338 e. The number of carbonyl (C=O) groups is 1. The van der Waals surface area contributed by atoms with Crippen molar-refractivity contribution in [1.82, 2.24) is 5.32 Å². The van der Waals surface area contributed by atoms with Gasteiger partial charge in [-0.3, -0.25) is 0 Å². The van der Waals surface area contributed by atoms with Gasteiger partial charge in [0.15, 0.2) is 0 Å². The van der Waals surface area contributed by atoms with Gasteiger partial charge in [-0.25, -0.2) is 4.79 Å². The molecule has 0 unspecified atom stereocenters. The molecule has 0 saturated heterocycles. The molecule has 0 fully saturated rings. The Balaban J connectivity index is 0.00000261. The van der Waals surface area contributed by atoms with Gasteiger partial charge < -0.3 is 10.1 Å². The molecular formula is C23H24ClNO2. The van der Waals surface area contributed by atoms with Gasteiger partial charge in [0, 0.05) is 6.54 Å². The molecule has 1 N–H and O–H groups in total. The number of halogens is 1. The lowest BCUT2D eigenvalue weighted by Crippen LogP contribution is -2.16. The van der Waals surface area contributed by atoms with Crippen LogP contribution in [0.15, 0.2) is 78.9 Å². The predicted octanol–water partition coefficient (Wildman–Crippen LogP) is 4.89. The molecule has 3 aromatic carbocycles. The molecule has 0 heterocycles. The van der Waals surface area contributed by atoms with Crippen LogP contribution in [0.3, 0.4) is 0 Å². The molecule has 0 atom stereocenters. The van der Waals surface area contributed by atoms with Crippen molar-refractivity contribution in [3.8, 4) is 11.1 Å². The number of hydrogen-bond acceptors (Lipinski definition) is 3. The first-order chi connectivity index (χ1) is 12.8. The summed E-state index contributed by atoms with van der Waals surface area (Å²) in [5.41, 5.74) is 5.05. The van der Waals surface area contributed by atoms with Crippen LogP contribution in [0.4, 0.5) is 0 Å². The Bertz CT molecular complexity index is 848. The minimum Gasteiger partial charge on any atom is -0.465 e. The van der Waals surface area contributed by atoms with Crippen molar-refractivity contribution in [1.29, 1.82) is 0 Å². The number of methoxy groups -OCH3 is 1. The molecule has 4 heteroatoms. The van der Waals surface area contributed by atoms with Crippen molar-refractivity contribution in [2.45, 2.75) is 13.0 Å². The highest BCUT2D eigenvalue weighted by atomic mass is 35.5. The summed E-state index contributed by atoms with van der Waals surface area (Å²) in [4.78, 5) is 11.9. The van der Waals surface area contributed by atoms with Crippen molar-refractivity contribution >= 4 is 18.4 Å². The molecule has 0 radical (unpaired) electrons. The molecular weight excluding hydrogens is 358 g/mol. The average Bonchev–Trinajstić information content (AvgIpc) is 2.72. The molecule has 3 nitrogen and oxygen atoms in total. The lowest BCUT2D eigenvalue weighted by atomic mass is 9.98. The number of ether oxygens (including phenoxy) is 1. The number of benzene rings is 3. The van der Waals surface area contributed by atoms with E-state index in [1.54, 1.807) is 6.07 Å². The van der Waals surface area contributed by atoms with Crippen LogP contribution in [0.5, 0.6) is 0 Å². The van der Waals surface area contributed by atoms with E-state index in [-0.39, 0.29) is 18.4 Å². The van der Waals surface area contributed by atoms with Crippen LogP contribution in [-0.2, 0) is 17.7 Å². The third-order valence-corrected chi connectivity index (χ3v) is 4.36. The minimum absolute atomic E-state index is 0. The maximum absolute atomic E-state index is 11.9. The van der Waals surface area contributed by atoms with Crippen molar-refractivity contribution < 1.29 is 9.53 Å². The fourth-order valence-corrected chi connectivity index (χ4v) is 2.94. The maximum atomic E-state index is 11.9. The standard InChI is InChI=1S/C23H23NO2.ClH/c1-26-23(25)22-10-6-5-9-21(22)20-13-11-19(12-14-20)17-24-16-15-18-7-3-2-4-8-18;/h2-14,24H,15-17H2,1H3;1H. The normalized spacial score (nSPS) is 10.1. The zero-order valence-corrected chi connectivity index (χ0v) is 16.2. The number of esters is 1. The molecule has 27 heavy (non-hydrogen) atoms. The third kappa shape index (κ3) is 5.68. The summed E-state index contributed by atoms with van der Waals surface area (Å²) in [7, 11) is 1.41. The number of nitrogens with one attached hydrogen (secondary N) is 1. The van der Waals surface area contributed by atoms with Gasteiger partial charge in [0.05, 0.1) is 12.7 Å². The van der Waals surface area contributed by atoms with Crippen LogP contribution in [0.1, 0.15) is 21.5 Å². The van der Waals surface area contributed by atoms with Gasteiger partial charge in [-0.05, 0) is 41.3 Å². The highest BCUT2D eigenvalue weighted by Gasteiger charge is 2.12. The Morgan fingerprint density at radius 2 is 1.52 bits per heavy atom. The number of carbonyl (C=O) groups excluding carboxylic acids is 1. The summed E-state index contributed by atoms with van der Waals surface area (Å²) in [6.45, 7) is 1.77. The predicted molar refractivity (Wildman–Crippen MR) is 112 cm³/mol. The van der Waals surface area contributed by atoms with Gasteiger partial charge in [0.2, 0.25) is 0 Å². The monoisotopic (exact) mass is 381 g/mol. The van der Waals surface area contributed by atoms with Gasteiger partial charge in [0.1, 0.15) is 0 Å². The van der Waals surface area contributed by atoms with Crippen LogP contribution in [-0.4, -0.2) is 19.6 Å². The van der Waals surface area contributed by atoms with E-state index in [0.717, 1.165) is 30.6 Å². The summed E-state index contributed by atoms with van der Waals surface area (Å²) < 4.78 is 4.88. The lowest BCUT2D eigenvalue weighted by Gasteiger charge is -2.09. The summed E-state index contributed by atoms with van der Waals surface area (Å²) in [6, 6.07) is 26.3. The molecule has 3 aromatic rings. The first-order valence-electron chi connectivity index (χ1n) is 8.79. The zero-order valence-electron chi connectivity index (χ0n) is 15.4. The second-order valence-electron chi connectivity index (χ2n) is 6.15. The van der Waals surface area contributed by atoms with Gasteiger partial charge in [0.25, 0.3) is 0 Å².